The molecule has 0 aliphatic carbocycles. The molecular formula is C12H13IN2O2. The summed E-state index contributed by atoms with van der Waals surface area (Å²) in [6, 6.07) is 7.95. The highest BCUT2D eigenvalue weighted by Crippen LogP contribution is 2.23. The van der Waals surface area contributed by atoms with Crippen LogP contribution in [0, 0.1) is 0 Å². The smallest absolute Gasteiger partial charge is 0.258 e. The van der Waals surface area contributed by atoms with Crippen molar-refractivity contribution < 1.29 is 9.63 Å². The standard InChI is InChI=1S/C12H13IN2O2/c1-12(2,16)11-14-10(15-17-11)9-5-3-4-8(6-9)7-13/h3-6,16H,7H2,1-2H3. The number of hydrogen-bond acceptors (Lipinski definition) is 4. The van der Waals surface area contributed by atoms with E-state index in [1.807, 2.05) is 24.3 Å². The minimum atomic E-state index is -1.11. The molecule has 5 heteroatoms. The predicted octanol–water partition coefficient (Wildman–Crippen LogP) is 2.90. The Morgan fingerprint density at radius 1 is 1.41 bits per heavy atom. The first kappa shape index (κ1) is 12.5. The number of nitrogens with zero attached hydrogens (tertiary/aromatic N) is 2. The van der Waals surface area contributed by atoms with Crippen LogP contribution in [0.15, 0.2) is 28.8 Å². The van der Waals surface area contributed by atoms with E-state index in [0.29, 0.717) is 5.82 Å². The number of aromatic nitrogens is 2. The van der Waals surface area contributed by atoms with Gasteiger partial charge in [-0.3, -0.25) is 0 Å². The molecular weight excluding hydrogens is 331 g/mol. The van der Waals surface area contributed by atoms with Crippen LogP contribution in [-0.2, 0) is 10.0 Å². The maximum Gasteiger partial charge on any atom is 0.258 e. The highest BCUT2D eigenvalue weighted by Gasteiger charge is 2.24. The fourth-order valence-electron chi connectivity index (χ4n) is 1.38. The fourth-order valence-corrected chi connectivity index (χ4v) is 1.86. The second kappa shape index (κ2) is 4.73. The largest absolute Gasteiger partial charge is 0.381 e. The lowest BCUT2D eigenvalue weighted by molar-refractivity contribution is 0.0420. The molecule has 0 spiro atoms. The van der Waals surface area contributed by atoms with E-state index in [2.05, 4.69) is 32.7 Å². The number of alkyl halides is 1. The summed E-state index contributed by atoms with van der Waals surface area (Å²) in [7, 11) is 0. The van der Waals surface area contributed by atoms with Crippen LogP contribution in [0.2, 0.25) is 0 Å². The first-order valence-corrected chi connectivity index (χ1v) is 6.75. The summed E-state index contributed by atoms with van der Waals surface area (Å²) in [5.74, 6) is 0.737. The van der Waals surface area contributed by atoms with Gasteiger partial charge >= 0.3 is 0 Å². The van der Waals surface area contributed by atoms with Crippen LogP contribution in [0.25, 0.3) is 11.4 Å². The molecule has 1 N–H and O–H groups in total. The van der Waals surface area contributed by atoms with Gasteiger partial charge in [0, 0.05) is 9.99 Å². The SMILES string of the molecule is CC(C)(O)c1nc(-c2cccc(CI)c2)no1. The second-order valence-corrected chi connectivity index (χ2v) is 5.08. The molecule has 0 amide bonds. The molecule has 17 heavy (non-hydrogen) atoms. The summed E-state index contributed by atoms with van der Waals surface area (Å²) in [4.78, 5) is 4.20. The third-order valence-electron chi connectivity index (χ3n) is 2.29. The van der Waals surface area contributed by atoms with Crippen LogP contribution in [0.4, 0.5) is 0 Å². The van der Waals surface area contributed by atoms with E-state index >= 15 is 0 Å². The molecule has 4 nitrogen and oxygen atoms in total. The van der Waals surface area contributed by atoms with Crippen molar-refractivity contribution in [1.82, 2.24) is 10.1 Å². The first-order chi connectivity index (χ1) is 8.00. The molecule has 0 saturated carbocycles. The molecule has 1 aromatic carbocycles. The summed E-state index contributed by atoms with van der Waals surface area (Å²) in [5.41, 5.74) is 1.00. The van der Waals surface area contributed by atoms with Crippen molar-refractivity contribution in [2.45, 2.75) is 23.9 Å². The van der Waals surface area contributed by atoms with Crippen LogP contribution in [0.5, 0.6) is 0 Å². The number of benzene rings is 1. The molecule has 2 aromatic rings. The predicted molar refractivity (Wildman–Crippen MR) is 72.7 cm³/mol. The van der Waals surface area contributed by atoms with Gasteiger partial charge in [0.05, 0.1) is 0 Å². The van der Waals surface area contributed by atoms with Gasteiger partial charge in [0.2, 0.25) is 5.82 Å². The zero-order valence-corrected chi connectivity index (χ0v) is 11.8. The lowest BCUT2D eigenvalue weighted by Gasteiger charge is -2.09. The molecule has 0 radical (unpaired) electrons. The zero-order valence-electron chi connectivity index (χ0n) is 9.64. The van der Waals surface area contributed by atoms with Gasteiger partial charge < -0.3 is 9.63 Å². The Morgan fingerprint density at radius 3 is 2.76 bits per heavy atom. The topological polar surface area (TPSA) is 59.2 Å². The Balaban J connectivity index is 2.37. The Hall–Kier alpha value is -0.950. The normalized spacial score (nSPS) is 11.8. The van der Waals surface area contributed by atoms with Crippen LogP contribution < -0.4 is 0 Å². The van der Waals surface area contributed by atoms with Gasteiger partial charge in [0.15, 0.2) is 0 Å². The third-order valence-corrected chi connectivity index (χ3v) is 3.17. The van der Waals surface area contributed by atoms with Crippen molar-refractivity contribution in [3.05, 3.63) is 35.7 Å². The highest BCUT2D eigenvalue weighted by atomic mass is 127. The molecule has 0 fully saturated rings. The van der Waals surface area contributed by atoms with Crippen molar-refractivity contribution in [1.29, 1.82) is 0 Å². The summed E-state index contributed by atoms with van der Waals surface area (Å²) in [6.07, 6.45) is 0. The van der Waals surface area contributed by atoms with Crippen LogP contribution in [0.3, 0.4) is 0 Å². The first-order valence-electron chi connectivity index (χ1n) is 5.22. The third kappa shape index (κ3) is 2.84. The summed E-state index contributed by atoms with van der Waals surface area (Å²) >= 11 is 2.30. The van der Waals surface area contributed by atoms with E-state index < -0.39 is 5.60 Å². The molecule has 0 aliphatic rings. The lowest BCUT2D eigenvalue weighted by Crippen LogP contribution is -2.15. The van der Waals surface area contributed by atoms with E-state index in [4.69, 9.17) is 4.52 Å². The van der Waals surface area contributed by atoms with Crippen LogP contribution >= 0.6 is 22.6 Å². The average Bonchev–Trinajstić information content (AvgIpc) is 2.78. The van der Waals surface area contributed by atoms with E-state index in [1.54, 1.807) is 13.8 Å². The fraction of sp³-hybridized carbons (Fsp3) is 0.333. The number of hydrogen-bond donors (Lipinski definition) is 1. The van der Waals surface area contributed by atoms with Crippen molar-refractivity contribution in [3.8, 4) is 11.4 Å². The molecule has 0 saturated heterocycles. The molecule has 1 aromatic heterocycles. The van der Waals surface area contributed by atoms with Crippen molar-refractivity contribution >= 4 is 22.6 Å². The number of aliphatic hydroxyl groups is 1. The molecule has 0 aliphatic heterocycles. The Kier molecular flexibility index (Phi) is 3.48. The van der Waals surface area contributed by atoms with Gasteiger partial charge in [-0.1, -0.05) is 45.9 Å². The minimum Gasteiger partial charge on any atom is -0.381 e. The zero-order chi connectivity index (χ0) is 12.5. The van der Waals surface area contributed by atoms with Gasteiger partial charge in [0.25, 0.3) is 5.89 Å². The summed E-state index contributed by atoms with van der Waals surface area (Å²) < 4.78 is 5.98. The van der Waals surface area contributed by atoms with Gasteiger partial charge in [0.1, 0.15) is 5.60 Å². The van der Waals surface area contributed by atoms with Crippen molar-refractivity contribution in [3.63, 3.8) is 0 Å². The molecule has 2 rings (SSSR count). The Labute approximate surface area is 113 Å². The van der Waals surface area contributed by atoms with E-state index in [1.165, 1.54) is 5.56 Å². The molecule has 0 unspecified atom stereocenters. The van der Waals surface area contributed by atoms with Crippen LogP contribution in [-0.4, -0.2) is 15.2 Å². The van der Waals surface area contributed by atoms with Crippen LogP contribution in [0.1, 0.15) is 25.3 Å². The van der Waals surface area contributed by atoms with Gasteiger partial charge in [-0.25, -0.2) is 0 Å². The monoisotopic (exact) mass is 344 g/mol. The number of rotatable bonds is 3. The van der Waals surface area contributed by atoms with Gasteiger partial charge in [-0.15, -0.1) is 0 Å². The van der Waals surface area contributed by atoms with E-state index in [0.717, 1.165) is 9.99 Å². The summed E-state index contributed by atoms with van der Waals surface area (Å²) in [6.45, 7) is 3.23. The minimum absolute atomic E-state index is 0.229. The molecule has 90 valence electrons. The highest BCUT2D eigenvalue weighted by molar-refractivity contribution is 14.1. The second-order valence-electron chi connectivity index (χ2n) is 4.32. The van der Waals surface area contributed by atoms with Gasteiger partial charge in [-0.2, -0.15) is 4.98 Å². The van der Waals surface area contributed by atoms with Crippen molar-refractivity contribution in [2.24, 2.45) is 0 Å². The van der Waals surface area contributed by atoms with Crippen molar-refractivity contribution in [2.75, 3.05) is 0 Å². The lowest BCUT2D eigenvalue weighted by atomic mass is 10.1. The van der Waals surface area contributed by atoms with Gasteiger partial charge in [-0.05, 0) is 25.5 Å². The maximum absolute atomic E-state index is 9.75. The quantitative estimate of drug-likeness (QED) is 0.687. The van der Waals surface area contributed by atoms with E-state index in [-0.39, 0.29) is 5.89 Å². The Morgan fingerprint density at radius 2 is 2.18 bits per heavy atom. The molecule has 0 bridgehead atoms. The van der Waals surface area contributed by atoms with E-state index in [9.17, 15) is 5.11 Å². The average molecular weight is 344 g/mol. The molecule has 0 atom stereocenters. The molecule has 1 heterocycles. The number of halogens is 1. The maximum atomic E-state index is 9.75. The Bertz CT molecular complexity index is 517. The summed E-state index contributed by atoms with van der Waals surface area (Å²) in [5, 5.41) is 13.6.